The number of aromatic nitrogens is 2. The van der Waals surface area contributed by atoms with Crippen LogP contribution in [0.4, 0.5) is 0 Å². The van der Waals surface area contributed by atoms with Gasteiger partial charge in [-0.2, -0.15) is 0 Å². The van der Waals surface area contributed by atoms with Crippen LogP contribution in [0.25, 0.3) is 11.5 Å². The van der Waals surface area contributed by atoms with Gasteiger partial charge in [0.15, 0.2) is 6.61 Å². The lowest BCUT2D eigenvalue weighted by Gasteiger charge is -2.16. The molecule has 1 unspecified atom stereocenters. The Hall–Kier alpha value is -2.86. The zero-order valence-electron chi connectivity index (χ0n) is 13.5. The monoisotopic (exact) mass is 357 g/mol. The molecule has 0 saturated heterocycles. The third kappa shape index (κ3) is 4.36. The molecule has 3 rings (SSSR count). The number of benzene rings is 2. The Bertz CT molecular complexity index is 835. The topological polar surface area (TPSA) is 77.2 Å². The maximum Gasteiger partial charge on any atom is 0.258 e. The number of halogens is 1. The lowest BCUT2D eigenvalue weighted by molar-refractivity contribution is -0.123. The van der Waals surface area contributed by atoms with Crippen LogP contribution in [0.2, 0.25) is 5.02 Å². The molecule has 7 heteroatoms. The van der Waals surface area contributed by atoms with Gasteiger partial charge in [-0.05, 0) is 42.8 Å². The Morgan fingerprint density at radius 1 is 1.24 bits per heavy atom. The van der Waals surface area contributed by atoms with Crippen molar-refractivity contribution in [2.45, 2.75) is 13.0 Å². The molecule has 0 bridgehead atoms. The minimum atomic E-state index is -0.228. The molecule has 3 aromatic rings. The molecule has 0 radical (unpaired) electrons. The molecule has 0 spiro atoms. The van der Waals surface area contributed by atoms with Gasteiger partial charge in [0.25, 0.3) is 5.91 Å². The average Bonchev–Trinajstić information content (AvgIpc) is 3.15. The highest BCUT2D eigenvalue weighted by Crippen LogP contribution is 2.22. The summed E-state index contributed by atoms with van der Waals surface area (Å²) in [6.45, 7) is 1.78. The van der Waals surface area contributed by atoms with Crippen LogP contribution in [0.1, 0.15) is 18.5 Å². The second-order valence-corrected chi connectivity index (χ2v) is 5.77. The van der Waals surface area contributed by atoms with Crippen molar-refractivity contribution in [1.29, 1.82) is 0 Å². The Balaban J connectivity index is 1.53. The molecule has 0 aliphatic rings. The molecular formula is C18H16ClN3O3. The van der Waals surface area contributed by atoms with Crippen molar-refractivity contribution in [2.75, 3.05) is 6.61 Å². The summed E-state index contributed by atoms with van der Waals surface area (Å²) < 4.78 is 10.6. The molecule has 0 aliphatic heterocycles. The molecule has 25 heavy (non-hydrogen) atoms. The Morgan fingerprint density at radius 3 is 2.68 bits per heavy atom. The highest BCUT2D eigenvalue weighted by molar-refractivity contribution is 6.31. The highest BCUT2D eigenvalue weighted by atomic mass is 35.5. The molecular weight excluding hydrogens is 342 g/mol. The summed E-state index contributed by atoms with van der Waals surface area (Å²) in [6.07, 6.45) is 1.27. The largest absolute Gasteiger partial charge is 0.484 e. The van der Waals surface area contributed by atoms with Crippen molar-refractivity contribution in [2.24, 2.45) is 0 Å². The summed E-state index contributed by atoms with van der Waals surface area (Å²) >= 11 is 6.13. The number of carbonyl (C=O) groups is 1. The standard InChI is InChI=1S/C18H16ClN3O3/c1-12(15-4-2-3-5-16(15)19)21-17(23)10-24-14-8-6-13(7-9-14)18-22-20-11-25-18/h2-9,11-12H,10H2,1H3,(H,21,23). The van der Waals surface area contributed by atoms with E-state index >= 15 is 0 Å². The van der Waals surface area contributed by atoms with Gasteiger partial charge in [-0.25, -0.2) is 0 Å². The Kier molecular flexibility index (Phi) is 5.30. The molecule has 128 valence electrons. The molecule has 1 aromatic heterocycles. The normalized spacial score (nSPS) is 11.8. The van der Waals surface area contributed by atoms with Crippen molar-refractivity contribution < 1.29 is 13.9 Å². The van der Waals surface area contributed by atoms with Gasteiger partial charge in [-0.15, -0.1) is 10.2 Å². The number of nitrogens with one attached hydrogen (secondary N) is 1. The number of amides is 1. The zero-order chi connectivity index (χ0) is 17.6. The molecule has 0 aliphatic carbocycles. The van der Waals surface area contributed by atoms with Crippen LogP contribution in [0, 0.1) is 0 Å². The van der Waals surface area contributed by atoms with Gasteiger partial charge in [0.1, 0.15) is 5.75 Å². The summed E-state index contributed by atoms with van der Waals surface area (Å²) in [5.74, 6) is 0.773. The maximum absolute atomic E-state index is 12.1. The first-order chi connectivity index (χ1) is 12.1. The van der Waals surface area contributed by atoms with Crippen LogP contribution >= 0.6 is 11.6 Å². The first-order valence-corrected chi connectivity index (χ1v) is 8.04. The summed E-state index contributed by atoms with van der Waals surface area (Å²) in [7, 11) is 0. The molecule has 1 heterocycles. The van der Waals surface area contributed by atoms with Gasteiger partial charge in [0.05, 0.1) is 6.04 Å². The minimum absolute atomic E-state index is 0.0886. The predicted octanol–water partition coefficient (Wildman–Crippen LogP) is 3.65. The summed E-state index contributed by atoms with van der Waals surface area (Å²) in [6, 6.07) is 14.2. The summed E-state index contributed by atoms with van der Waals surface area (Å²) in [5.41, 5.74) is 1.64. The SMILES string of the molecule is CC(NC(=O)COc1ccc(-c2nnco2)cc1)c1ccccc1Cl. The second-order valence-electron chi connectivity index (χ2n) is 5.37. The fraction of sp³-hybridized carbons (Fsp3) is 0.167. The zero-order valence-corrected chi connectivity index (χ0v) is 14.2. The number of ether oxygens (including phenoxy) is 1. The van der Waals surface area contributed by atoms with Gasteiger partial charge in [0, 0.05) is 10.6 Å². The third-order valence-corrected chi connectivity index (χ3v) is 3.92. The average molecular weight is 358 g/mol. The van der Waals surface area contributed by atoms with E-state index in [1.54, 1.807) is 30.3 Å². The van der Waals surface area contributed by atoms with E-state index < -0.39 is 0 Å². The Morgan fingerprint density at radius 2 is 2.00 bits per heavy atom. The van der Waals surface area contributed by atoms with Gasteiger partial charge in [-0.1, -0.05) is 29.8 Å². The van der Waals surface area contributed by atoms with Crippen LogP contribution < -0.4 is 10.1 Å². The lowest BCUT2D eigenvalue weighted by Crippen LogP contribution is -2.31. The first-order valence-electron chi connectivity index (χ1n) is 7.66. The first kappa shape index (κ1) is 17.0. The van der Waals surface area contributed by atoms with Gasteiger partial charge < -0.3 is 14.5 Å². The van der Waals surface area contributed by atoms with Crippen LogP contribution in [0.3, 0.4) is 0 Å². The second kappa shape index (κ2) is 7.81. The van der Waals surface area contributed by atoms with E-state index in [9.17, 15) is 4.79 Å². The fourth-order valence-corrected chi connectivity index (χ4v) is 2.63. The van der Waals surface area contributed by atoms with Crippen molar-refractivity contribution in [3.8, 4) is 17.2 Å². The quantitative estimate of drug-likeness (QED) is 0.728. The van der Waals surface area contributed by atoms with Gasteiger partial charge in [0.2, 0.25) is 12.3 Å². The molecule has 6 nitrogen and oxygen atoms in total. The Labute approximate surface area is 149 Å². The van der Waals surface area contributed by atoms with E-state index in [0.717, 1.165) is 11.1 Å². The van der Waals surface area contributed by atoms with Crippen molar-refractivity contribution in [1.82, 2.24) is 15.5 Å². The van der Waals surface area contributed by atoms with Crippen LogP contribution in [-0.4, -0.2) is 22.7 Å². The highest BCUT2D eigenvalue weighted by Gasteiger charge is 2.12. The van der Waals surface area contributed by atoms with Gasteiger partial charge >= 0.3 is 0 Å². The van der Waals surface area contributed by atoms with Crippen LogP contribution in [0.5, 0.6) is 5.75 Å². The van der Waals surface area contributed by atoms with E-state index in [1.807, 2.05) is 25.1 Å². The number of hydrogen-bond acceptors (Lipinski definition) is 5. The number of carbonyl (C=O) groups excluding carboxylic acids is 1. The maximum atomic E-state index is 12.1. The van der Waals surface area contributed by atoms with Crippen molar-refractivity contribution in [3.63, 3.8) is 0 Å². The number of rotatable bonds is 6. The molecule has 0 saturated carbocycles. The predicted molar refractivity (Wildman–Crippen MR) is 93.2 cm³/mol. The smallest absolute Gasteiger partial charge is 0.258 e. The van der Waals surface area contributed by atoms with Crippen LogP contribution in [-0.2, 0) is 4.79 Å². The summed E-state index contributed by atoms with van der Waals surface area (Å²) in [5, 5.41) is 10.9. The van der Waals surface area contributed by atoms with E-state index in [4.69, 9.17) is 20.8 Å². The van der Waals surface area contributed by atoms with E-state index in [2.05, 4.69) is 15.5 Å². The fourth-order valence-electron chi connectivity index (χ4n) is 2.33. The van der Waals surface area contributed by atoms with E-state index in [-0.39, 0.29) is 18.6 Å². The third-order valence-electron chi connectivity index (χ3n) is 3.58. The molecule has 1 atom stereocenters. The van der Waals surface area contributed by atoms with E-state index in [1.165, 1.54) is 6.39 Å². The van der Waals surface area contributed by atoms with Crippen molar-refractivity contribution in [3.05, 3.63) is 65.5 Å². The molecule has 1 N–H and O–H groups in total. The van der Waals surface area contributed by atoms with Crippen LogP contribution in [0.15, 0.2) is 59.3 Å². The summed E-state index contributed by atoms with van der Waals surface area (Å²) in [4.78, 5) is 12.1. The molecule has 1 amide bonds. The number of nitrogens with zero attached hydrogens (tertiary/aromatic N) is 2. The molecule has 0 fully saturated rings. The number of hydrogen-bond donors (Lipinski definition) is 1. The molecule has 2 aromatic carbocycles. The van der Waals surface area contributed by atoms with E-state index in [0.29, 0.717) is 16.7 Å². The van der Waals surface area contributed by atoms with Gasteiger partial charge in [-0.3, -0.25) is 4.79 Å². The lowest BCUT2D eigenvalue weighted by atomic mass is 10.1. The van der Waals surface area contributed by atoms with Crippen molar-refractivity contribution >= 4 is 17.5 Å². The minimum Gasteiger partial charge on any atom is -0.484 e.